The first-order valence-electron chi connectivity index (χ1n) is 6.74. The number of aliphatic hydroxyl groups is 1. The summed E-state index contributed by atoms with van der Waals surface area (Å²) >= 11 is 0. The van der Waals surface area contributed by atoms with E-state index in [1.54, 1.807) is 6.92 Å². The first-order valence-corrected chi connectivity index (χ1v) is 6.74. The molecule has 0 amide bonds. The molecule has 0 bridgehead atoms. The minimum Gasteiger partial charge on any atom is -0.465 e. The summed E-state index contributed by atoms with van der Waals surface area (Å²) in [5, 5.41) is 9.82. The third-order valence-electron chi connectivity index (χ3n) is 2.74. The van der Waals surface area contributed by atoms with Crippen molar-refractivity contribution in [2.75, 3.05) is 33.4 Å². The number of ether oxygens (including phenoxy) is 2. The van der Waals surface area contributed by atoms with Crippen LogP contribution in [0.5, 0.6) is 0 Å². The van der Waals surface area contributed by atoms with Crippen LogP contribution < -0.4 is 0 Å². The Hall–Kier alpha value is -1.43. The van der Waals surface area contributed by atoms with Gasteiger partial charge >= 0.3 is 5.97 Å². The monoisotopic (exact) mass is 281 g/mol. The molecule has 0 saturated carbocycles. The summed E-state index contributed by atoms with van der Waals surface area (Å²) < 4.78 is 9.87. The van der Waals surface area contributed by atoms with Crippen molar-refractivity contribution in [1.29, 1.82) is 0 Å². The van der Waals surface area contributed by atoms with Crippen LogP contribution in [0.25, 0.3) is 0 Å². The summed E-state index contributed by atoms with van der Waals surface area (Å²) in [7, 11) is 1.54. The summed E-state index contributed by atoms with van der Waals surface area (Å²) in [6, 6.07) is 9.81. The normalized spacial score (nSPS) is 12.4. The van der Waals surface area contributed by atoms with E-state index in [0.29, 0.717) is 19.7 Å². The van der Waals surface area contributed by atoms with E-state index in [2.05, 4.69) is 0 Å². The minimum atomic E-state index is -0.627. The Morgan fingerprint density at radius 2 is 2.05 bits per heavy atom. The molecule has 1 N–H and O–H groups in total. The molecule has 5 nitrogen and oxygen atoms in total. The topological polar surface area (TPSA) is 59.0 Å². The van der Waals surface area contributed by atoms with Gasteiger partial charge < -0.3 is 14.6 Å². The molecule has 0 aromatic heterocycles. The number of esters is 1. The fourth-order valence-corrected chi connectivity index (χ4v) is 1.96. The highest BCUT2D eigenvalue weighted by atomic mass is 16.5. The van der Waals surface area contributed by atoms with Gasteiger partial charge in [-0.3, -0.25) is 9.69 Å². The van der Waals surface area contributed by atoms with Gasteiger partial charge in [0.15, 0.2) is 0 Å². The molecule has 0 spiro atoms. The van der Waals surface area contributed by atoms with Gasteiger partial charge in [-0.05, 0) is 12.5 Å². The number of benzene rings is 1. The van der Waals surface area contributed by atoms with Crippen molar-refractivity contribution in [3.8, 4) is 0 Å². The molecule has 0 heterocycles. The maximum atomic E-state index is 11.6. The number of hydrogen-bond acceptors (Lipinski definition) is 5. The zero-order chi connectivity index (χ0) is 14.8. The van der Waals surface area contributed by atoms with Crippen molar-refractivity contribution in [3.05, 3.63) is 35.9 Å². The zero-order valence-electron chi connectivity index (χ0n) is 12.1. The fourth-order valence-electron chi connectivity index (χ4n) is 1.96. The highest BCUT2D eigenvalue weighted by molar-refractivity contribution is 5.71. The van der Waals surface area contributed by atoms with E-state index < -0.39 is 6.10 Å². The van der Waals surface area contributed by atoms with Gasteiger partial charge in [-0.15, -0.1) is 0 Å². The molecule has 1 atom stereocenters. The summed E-state index contributed by atoms with van der Waals surface area (Å²) in [5.41, 5.74) is 1.08. The molecule has 1 rings (SSSR count). The van der Waals surface area contributed by atoms with E-state index >= 15 is 0 Å². The highest BCUT2D eigenvalue weighted by Gasteiger charge is 2.16. The van der Waals surface area contributed by atoms with E-state index in [0.717, 1.165) is 5.56 Å². The molecular formula is C15H23NO4. The molecule has 1 aromatic rings. The Morgan fingerprint density at radius 1 is 1.35 bits per heavy atom. The number of nitrogens with zero attached hydrogens (tertiary/aromatic N) is 1. The quantitative estimate of drug-likeness (QED) is 0.686. The molecule has 0 aliphatic rings. The zero-order valence-corrected chi connectivity index (χ0v) is 12.1. The van der Waals surface area contributed by atoms with Crippen LogP contribution in [0.15, 0.2) is 30.3 Å². The molecule has 1 aromatic carbocycles. The second kappa shape index (κ2) is 9.47. The van der Waals surface area contributed by atoms with E-state index in [4.69, 9.17) is 9.47 Å². The van der Waals surface area contributed by atoms with Gasteiger partial charge in [0.05, 0.1) is 25.9 Å². The van der Waals surface area contributed by atoms with Crippen LogP contribution in [0.1, 0.15) is 12.5 Å². The van der Waals surface area contributed by atoms with Crippen LogP contribution in [0, 0.1) is 0 Å². The van der Waals surface area contributed by atoms with Gasteiger partial charge in [0.2, 0.25) is 0 Å². The van der Waals surface area contributed by atoms with Crippen LogP contribution in [0.3, 0.4) is 0 Å². The molecule has 5 heteroatoms. The predicted octanol–water partition coefficient (Wildman–Crippen LogP) is 1.06. The van der Waals surface area contributed by atoms with Crippen molar-refractivity contribution < 1.29 is 19.4 Å². The maximum Gasteiger partial charge on any atom is 0.320 e. The van der Waals surface area contributed by atoms with Crippen molar-refractivity contribution in [1.82, 2.24) is 4.90 Å². The predicted molar refractivity (Wildman–Crippen MR) is 76.2 cm³/mol. The van der Waals surface area contributed by atoms with E-state index in [1.807, 2.05) is 35.2 Å². The molecular weight excluding hydrogens is 258 g/mol. The lowest BCUT2D eigenvalue weighted by molar-refractivity contribution is -0.145. The average Bonchev–Trinajstić information content (AvgIpc) is 2.40. The highest BCUT2D eigenvalue weighted by Crippen LogP contribution is 2.06. The van der Waals surface area contributed by atoms with Crippen LogP contribution >= 0.6 is 0 Å². The van der Waals surface area contributed by atoms with Gasteiger partial charge in [-0.2, -0.15) is 0 Å². The van der Waals surface area contributed by atoms with Gasteiger partial charge in [-0.25, -0.2) is 0 Å². The number of carbonyl (C=O) groups is 1. The molecule has 1 unspecified atom stereocenters. The summed E-state index contributed by atoms with van der Waals surface area (Å²) in [5.74, 6) is -0.284. The molecule has 112 valence electrons. The summed E-state index contributed by atoms with van der Waals surface area (Å²) in [6.07, 6.45) is -0.627. The molecule has 20 heavy (non-hydrogen) atoms. The van der Waals surface area contributed by atoms with Gasteiger partial charge in [0.1, 0.15) is 0 Å². The second-order valence-corrected chi connectivity index (χ2v) is 4.57. The number of carbonyl (C=O) groups excluding carboxylic acids is 1. The Kier molecular flexibility index (Phi) is 7.87. The largest absolute Gasteiger partial charge is 0.465 e. The lowest BCUT2D eigenvalue weighted by atomic mass is 10.2. The first kappa shape index (κ1) is 16.6. The second-order valence-electron chi connectivity index (χ2n) is 4.57. The molecule has 0 aliphatic carbocycles. The Labute approximate surface area is 120 Å². The lowest BCUT2D eigenvalue weighted by Gasteiger charge is -2.24. The Morgan fingerprint density at radius 3 is 2.65 bits per heavy atom. The fraction of sp³-hybridized carbons (Fsp3) is 0.533. The summed E-state index contributed by atoms with van der Waals surface area (Å²) in [6.45, 7) is 3.48. The average molecular weight is 281 g/mol. The van der Waals surface area contributed by atoms with Crippen LogP contribution in [-0.2, 0) is 20.8 Å². The van der Waals surface area contributed by atoms with Crippen LogP contribution in [-0.4, -0.2) is 55.5 Å². The summed E-state index contributed by atoms with van der Waals surface area (Å²) in [4.78, 5) is 13.5. The Bertz CT molecular complexity index is 383. The number of methoxy groups -OCH3 is 1. The van der Waals surface area contributed by atoms with Crippen molar-refractivity contribution in [3.63, 3.8) is 0 Å². The SMILES string of the molecule is CCOC(=O)CN(Cc1ccccc1)CC(O)COC. The molecule has 0 radical (unpaired) electrons. The van der Waals surface area contributed by atoms with Crippen molar-refractivity contribution in [2.24, 2.45) is 0 Å². The van der Waals surface area contributed by atoms with Gasteiger partial charge in [-0.1, -0.05) is 30.3 Å². The standard InChI is InChI=1S/C15H23NO4/c1-3-20-15(18)11-16(10-14(17)12-19-2)9-13-7-5-4-6-8-13/h4-8,14,17H,3,9-12H2,1-2H3. The number of rotatable bonds is 9. The number of hydrogen-bond donors (Lipinski definition) is 1. The first-order chi connectivity index (χ1) is 9.65. The smallest absolute Gasteiger partial charge is 0.320 e. The number of aliphatic hydroxyl groups excluding tert-OH is 1. The van der Waals surface area contributed by atoms with Gasteiger partial charge in [0, 0.05) is 20.2 Å². The van der Waals surface area contributed by atoms with Crippen molar-refractivity contribution >= 4 is 5.97 Å². The molecule has 0 fully saturated rings. The Balaban J connectivity index is 2.60. The van der Waals surface area contributed by atoms with Crippen molar-refractivity contribution in [2.45, 2.75) is 19.6 Å². The van der Waals surface area contributed by atoms with Crippen LogP contribution in [0.4, 0.5) is 0 Å². The third kappa shape index (κ3) is 6.65. The van der Waals surface area contributed by atoms with E-state index in [-0.39, 0.29) is 19.1 Å². The van der Waals surface area contributed by atoms with Crippen LogP contribution in [0.2, 0.25) is 0 Å². The van der Waals surface area contributed by atoms with Gasteiger partial charge in [0.25, 0.3) is 0 Å². The molecule has 0 aliphatic heterocycles. The van der Waals surface area contributed by atoms with E-state index in [1.165, 1.54) is 7.11 Å². The minimum absolute atomic E-state index is 0.156. The third-order valence-corrected chi connectivity index (χ3v) is 2.74. The van der Waals surface area contributed by atoms with E-state index in [9.17, 15) is 9.90 Å². The molecule has 0 saturated heterocycles. The lowest BCUT2D eigenvalue weighted by Crippen LogP contribution is -2.38. The maximum absolute atomic E-state index is 11.6.